The zero-order chi connectivity index (χ0) is 18.2. The zero-order valence-corrected chi connectivity index (χ0v) is 14.8. The Bertz CT molecular complexity index is 789. The highest BCUT2D eigenvalue weighted by Crippen LogP contribution is 2.36. The molecule has 2 N–H and O–H groups in total. The summed E-state index contributed by atoms with van der Waals surface area (Å²) >= 11 is 0. The highest BCUT2D eigenvalue weighted by Gasteiger charge is 2.42. The van der Waals surface area contributed by atoms with Crippen LogP contribution in [0.4, 0.5) is 0 Å². The smallest absolute Gasteiger partial charge is 0.231 e. The predicted octanol–water partition coefficient (Wildman–Crippen LogP) is 2.99. The third kappa shape index (κ3) is 3.27. The third-order valence-corrected chi connectivity index (χ3v) is 5.17. The molecular formula is C20H23N3O2. The minimum absolute atomic E-state index is 0.0469. The van der Waals surface area contributed by atoms with Gasteiger partial charge in [-0.15, -0.1) is 0 Å². The Hall–Kier alpha value is -2.69. The van der Waals surface area contributed by atoms with Crippen molar-refractivity contribution in [2.75, 3.05) is 7.05 Å². The number of Topliss-reactive ketones (excluding diaryl/α,β-unsaturated/α-hetero) is 1. The Morgan fingerprint density at radius 1 is 1.40 bits per heavy atom. The van der Waals surface area contributed by atoms with Gasteiger partial charge in [0.15, 0.2) is 11.7 Å². The van der Waals surface area contributed by atoms with E-state index in [0.29, 0.717) is 12.0 Å². The summed E-state index contributed by atoms with van der Waals surface area (Å²) in [6.45, 7) is 3.56. The van der Waals surface area contributed by atoms with Gasteiger partial charge in [0.2, 0.25) is 5.91 Å². The van der Waals surface area contributed by atoms with Gasteiger partial charge in [0.25, 0.3) is 0 Å². The first kappa shape index (κ1) is 17.1. The Morgan fingerprint density at radius 3 is 2.84 bits per heavy atom. The molecule has 0 spiro atoms. The molecule has 25 heavy (non-hydrogen) atoms. The van der Waals surface area contributed by atoms with Gasteiger partial charge in [-0.25, -0.2) is 0 Å². The molecule has 1 saturated heterocycles. The summed E-state index contributed by atoms with van der Waals surface area (Å²) in [7, 11) is 1.62. The van der Waals surface area contributed by atoms with Crippen LogP contribution in [0, 0.1) is 11.3 Å². The van der Waals surface area contributed by atoms with Crippen molar-refractivity contribution < 1.29 is 9.59 Å². The zero-order valence-electron chi connectivity index (χ0n) is 14.8. The van der Waals surface area contributed by atoms with Crippen LogP contribution in [0.25, 0.3) is 5.57 Å². The summed E-state index contributed by atoms with van der Waals surface area (Å²) in [4.78, 5) is 25.2. The van der Waals surface area contributed by atoms with E-state index >= 15 is 0 Å². The SMILES string of the molecule is CC(=O)c1cccc(C2=CC=CC([C@]3(C)CC(=O)N(C)C(=N)N3)C2)c1. The van der Waals surface area contributed by atoms with E-state index in [1.165, 1.54) is 4.90 Å². The van der Waals surface area contributed by atoms with E-state index in [4.69, 9.17) is 5.41 Å². The molecule has 0 saturated carbocycles. The lowest BCUT2D eigenvalue weighted by Gasteiger charge is -2.44. The molecule has 1 aliphatic heterocycles. The number of hydrogen-bond acceptors (Lipinski definition) is 3. The van der Waals surface area contributed by atoms with Crippen molar-refractivity contribution in [1.82, 2.24) is 10.2 Å². The van der Waals surface area contributed by atoms with E-state index in [-0.39, 0.29) is 23.6 Å². The third-order valence-electron chi connectivity index (χ3n) is 5.17. The molecule has 130 valence electrons. The highest BCUT2D eigenvalue weighted by molar-refractivity contribution is 5.99. The van der Waals surface area contributed by atoms with E-state index in [1.54, 1.807) is 14.0 Å². The Balaban J connectivity index is 1.84. The summed E-state index contributed by atoms with van der Waals surface area (Å²) < 4.78 is 0. The molecule has 5 heteroatoms. The maximum atomic E-state index is 12.2. The summed E-state index contributed by atoms with van der Waals surface area (Å²) in [5.41, 5.74) is 2.37. The molecule has 1 aromatic rings. The van der Waals surface area contributed by atoms with Crippen molar-refractivity contribution in [3.8, 4) is 0 Å². The first-order valence-electron chi connectivity index (χ1n) is 8.42. The van der Waals surface area contributed by atoms with Crippen LogP contribution in [0.3, 0.4) is 0 Å². The lowest BCUT2D eigenvalue weighted by Crippen LogP contribution is -2.62. The van der Waals surface area contributed by atoms with Gasteiger partial charge in [-0.3, -0.25) is 19.9 Å². The van der Waals surface area contributed by atoms with E-state index in [1.807, 2.05) is 37.3 Å². The Labute approximate surface area is 147 Å². The van der Waals surface area contributed by atoms with Crippen LogP contribution in [0.2, 0.25) is 0 Å². The molecule has 1 amide bonds. The van der Waals surface area contributed by atoms with Crippen molar-refractivity contribution >= 4 is 23.2 Å². The van der Waals surface area contributed by atoms with Crippen molar-refractivity contribution in [3.05, 3.63) is 53.6 Å². The molecule has 2 aliphatic rings. The highest BCUT2D eigenvalue weighted by atomic mass is 16.2. The molecule has 1 heterocycles. The van der Waals surface area contributed by atoms with Crippen molar-refractivity contribution in [1.29, 1.82) is 5.41 Å². The van der Waals surface area contributed by atoms with Gasteiger partial charge >= 0.3 is 0 Å². The summed E-state index contributed by atoms with van der Waals surface area (Å²) in [5, 5.41) is 11.2. The van der Waals surface area contributed by atoms with Crippen LogP contribution in [-0.4, -0.2) is 35.1 Å². The van der Waals surface area contributed by atoms with E-state index in [2.05, 4.69) is 17.5 Å². The van der Waals surface area contributed by atoms with Crippen molar-refractivity contribution in [2.45, 2.75) is 32.2 Å². The fourth-order valence-corrected chi connectivity index (χ4v) is 3.45. The number of hydrogen-bond donors (Lipinski definition) is 2. The second-order valence-electron chi connectivity index (χ2n) is 7.05. The first-order valence-corrected chi connectivity index (χ1v) is 8.42. The number of benzene rings is 1. The van der Waals surface area contributed by atoms with E-state index < -0.39 is 5.54 Å². The van der Waals surface area contributed by atoms with Crippen molar-refractivity contribution in [3.63, 3.8) is 0 Å². The number of nitrogens with zero attached hydrogens (tertiary/aromatic N) is 1. The van der Waals surface area contributed by atoms with Gasteiger partial charge < -0.3 is 5.32 Å². The maximum absolute atomic E-state index is 12.2. The fourth-order valence-electron chi connectivity index (χ4n) is 3.45. The second-order valence-corrected chi connectivity index (χ2v) is 7.05. The quantitative estimate of drug-likeness (QED) is 0.833. The molecule has 5 nitrogen and oxygen atoms in total. The molecule has 0 radical (unpaired) electrons. The molecule has 1 aliphatic carbocycles. The lowest BCUT2D eigenvalue weighted by atomic mass is 9.74. The number of carbonyl (C=O) groups is 2. The molecule has 0 aromatic heterocycles. The van der Waals surface area contributed by atoms with Gasteiger partial charge in [0.1, 0.15) is 0 Å². The van der Waals surface area contributed by atoms with Gasteiger partial charge in [0, 0.05) is 18.5 Å². The van der Waals surface area contributed by atoms with Gasteiger partial charge in [-0.05, 0) is 37.5 Å². The standard InChI is InChI=1S/C20H23N3O2/c1-13(24)14-6-4-7-15(10-14)16-8-5-9-17(11-16)20(2)12-18(25)23(3)19(21)22-20/h4-10,17H,11-12H2,1-3H3,(H2,21,22)/t17?,20-/m0/s1. The maximum Gasteiger partial charge on any atom is 0.231 e. The fraction of sp³-hybridized carbons (Fsp3) is 0.350. The van der Waals surface area contributed by atoms with Crippen LogP contribution in [0.15, 0.2) is 42.5 Å². The van der Waals surface area contributed by atoms with Crippen LogP contribution in [-0.2, 0) is 4.79 Å². The molecule has 0 bridgehead atoms. The number of rotatable bonds is 3. The molecule has 1 unspecified atom stereocenters. The van der Waals surface area contributed by atoms with Crippen LogP contribution >= 0.6 is 0 Å². The minimum atomic E-state index is -0.491. The first-order chi connectivity index (χ1) is 11.8. The largest absolute Gasteiger partial charge is 0.350 e. The van der Waals surface area contributed by atoms with Crippen LogP contribution in [0.5, 0.6) is 0 Å². The number of guanidine groups is 1. The predicted molar refractivity (Wildman–Crippen MR) is 98.3 cm³/mol. The average molecular weight is 337 g/mol. The average Bonchev–Trinajstić information content (AvgIpc) is 2.60. The molecular weight excluding hydrogens is 314 g/mol. The van der Waals surface area contributed by atoms with Crippen LogP contribution < -0.4 is 5.32 Å². The van der Waals surface area contributed by atoms with Gasteiger partial charge in [-0.1, -0.05) is 36.4 Å². The molecule has 1 aromatic carbocycles. The van der Waals surface area contributed by atoms with E-state index in [0.717, 1.165) is 17.6 Å². The monoisotopic (exact) mass is 337 g/mol. The Kier molecular flexibility index (Phi) is 4.33. The number of nitrogens with one attached hydrogen (secondary N) is 2. The minimum Gasteiger partial charge on any atom is -0.350 e. The number of amides is 1. The van der Waals surface area contributed by atoms with E-state index in [9.17, 15) is 9.59 Å². The Morgan fingerprint density at radius 2 is 2.16 bits per heavy atom. The van der Waals surface area contributed by atoms with Crippen molar-refractivity contribution in [2.24, 2.45) is 5.92 Å². The summed E-state index contributed by atoms with van der Waals surface area (Å²) in [5.74, 6) is 0.232. The van der Waals surface area contributed by atoms with Crippen LogP contribution in [0.1, 0.15) is 42.6 Å². The normalized spacial score (nSPS) is 26.3. The number of ketones is 1. The molecule has 1 fully saturated rings. The summed E-state index contributed by atoms with van der Waals surface area (Å²) in [6, 6.07) is 7.64. The summed E-state index contributed by atoms with van der Waals surface area (Å²) in [6.07, 6.45) is 7.26. The second kappa shape index (κ2) is 6.31. The lowest BCUT2D eigenvalue weighted by molar-refractivity contribution is -0.129. The van der Waals surface area contributed by atoms with Gasteiger partial charge in [-0.2, -0.15) is 0 Å². The van der Waals surface area contributed by atoms with Gasteiger partial charge in [0.05, 0.1) is 12.0 Å². The number of allylic oxidation sites excluding steroid dienone is 3. The number of carbonyl (C=O) groups excluding carboxylic acids is 2. The topological polar surface area (TPSA) is 73.3 Å². The molecule has 2 atom stereocenters. The molecule has 3 rings (SSSR count).